The maximum Gasteiger partial charge on any atom is 0.288 e. The van der Waals surface area contributed by atoms with Gasteiger partial charge in [0.25, 0.3) is 5.91 Å². The van der Waals surface area contributed by atoms with Crippen LogP contribution in [-0.4, -0.2) is 37.9 Å². The summed E-state index contributed by atoms with van der Waals surface area (Å²) in [5.74, 6) is 0.354. The molecule has 2 rings (SSSR count). The average molecular weight is 290 g/mol. The molecule has 6 nitrogen and oxygen atoms in total. The molecule has 1 heterocycles. The number of ether oxygens (including phenoxy) is 2. The number of hydrogen-bond acceptors (Lipinski definition) is 5. The fourth-order valence-corrected chi connectivity index (χ4v) is 1.70. The highest BCUT2D eigenvalue weighted by Gasteiger charge is 2.12. The fourth-order valence-electron chi connectivity index (χ4n) is 1.70. The number of aromatic nitrogens is 1. The summed E-state index contributed by atoms with van der Waals surface area (Å²) < 4.78 is 15.3. The number of methoxy groups -OCH3 is 1. The third-order valence-corrected chi connectivity index (χ3v) is 2.70. The molecule has 1 N–H and O–H groups in total. The maximum atomic E-state index is 11.9. The van der Waals surface area contributed by atoms with Gasteiger partial charge in [-0.1, -0.05) is 18.2 Å². The van der Waals surface area contributed by atoms with Gasteiger partial charge < -0.3 is 19.2 Å². The molecule has 2 aromatic rings. The number of oxazole rings is 1. The van der Waals surface area contributed by atoms with E-state index in [0.29, 0.717) is 25.5 Å². The van der Waals surface area contributed by atoms with Crippen LogP contribution in [0.1, 0.15) is 17.0 Å². The highest BCUT2D eigenvalue weighted by Crippen LogP contribution is 2.18. The predicted octanol–water partition coefficient (Wildman–Crippen LogP) is 2.08. The monoisotopic (exact) mass is 290 g/mol. The summed E-state index contributed by atoms with van der Waals surface area (Å²) in [7, 11) is 1.57. The summed E-state index contributed by atoms with van der Waals surface area (Å²) >= 11 is 0. The van der Waals surface area contributed by atoms with Crippen molar-refractivity contribution in [1.82, 2.24) is 10.3 Å². The largest absolute Gasteiger partial charge is 0.431 e. The van der Waals surface area contributed by atoms with E-state index in [1.807, 2.05) is 30.3 Å². The molecule has 0 fully saturated rings. The van der Waals surface area contributed by atoms with Crippen molar-refractivity contribution >= 4 is 5.91 Å². The highest BCUT2D eigenvalue weighted by atomic mass is 16.7. The number of carbonyl (C=O) groups is 1. The van der Waals surface area contributed by atoms with Crippen molar-refractivity contribution in [3.8, 4) is 11.5 Å². The van der Waals surface area contributed by atoms with Crippen LogP contribution in [0.4, 0.5) is 0 Å². The van der Waals surface area contributed by atoms with Crippen molar-refractivity contribution in [3.63, 3.8) is 0 Å². The number of benzene rings is 1. The molecule has 1 aromatic carbocycles. The molecule has 1 amide bonds. The molecule has 112 valence electrons. The molecular formula is C15H18N2O4. The number of nitrogens with one attached hydrogen (secondary N) is 1. The Bertz CT molecular complexity index is 554. The molecule has 1 aromatic heterocycles. The number of hydrogen-bond donors (Lipinski definition) is 1. The van der Waals surface area contributed by atoms with E-state index in [2.05, 4.69) is 10.3 Å². The van der Waals surface area contributed by atoms with E-state index in [4.69, 9.17) is 13.9 Å². The fraction of sp³-hybridized carbons (Fsp3) is 0.333. The molecule has 0 aliphatic rings. The molecule has 0 bridgehead atoms. The van der Waals surface area contributed by atoms with Crippen LogP contribution in [0.5, 0.6) is 0 Å². The second-order valence-electron chi connectivity index (χ2n) is 4.32. The zero-order valence-electron chi connectivity index (χ0n) is 11.9. The van der Waals surface area contributed by atoms with E-state index in [0.717, 1.165) is 5.56 Å². The SMILES string of the molecule is COCOCCCNC(=O)c1cnc(-c2ccccc2)o1. The lowest BCUT2D eigenvalue weighted by atomic mass is 10.2. The van der Waals surface area contributed by atoms with Gasteiger partial charge in [-0.25, -0.2) is 4.98 Å². The number of nitrogens with zero attached hydrogens (tertiary/aromatic N) is 1. The van der Waals surface area contributed by atoms with Crippen LogP contribution in [-0.2, 0) is 9.47 Å². The van der Waals surface area contributed by atoms with E-state index in [1.54, 1.807) is 7.11 Å². The van der Waals surface area contributed by atoms with Crippen LogP contribution < -0.4 is 5.32 Å². The topological polar surface area (TPSA) is 73.6 Å². The quantitative estimate of drug-likeness (QED) is 0.595. The van der Waals surface area contributed by atoms with Crippen LogP contribution in [0.3, 0.4) is 0 Å². The summed E-state index contributed by atoms with van der Waals surface area (Å²) in [6.07, 6.45) is 2.13. The minimum absolute atomic E-state index is 0.201. The molecule has 0 aliphatic heterocycles. The van der Waals surface area contributed by atoms with E-state index in [9.17, 15) is 4.79 Å². The Kier molecular flexibility index (Phi) is 5.93. The summed E-state index contributed by atoms with van der Waals surface area (Å²) in [6, 6.07) is 9.44. The van der Waals surface area contributed by atoms with Crippen molar-refractivity contribution < 1.29 is 18.7 Å². The van der Waals surface area contributed by atoms with Gasteiger partial charge in [0.15, 0.2) is 0 Å². The Balaban J connectivity index is 1.80. The summed E-state index contributed by atoms with van der Waals surface area (Å²) in [6.45, 7) is 1.29. The molecule has 21 heavy (non-hydrogen) atoms. The first-order valence-corrected chi connectivity index (χ1v) is 6.67. The Labute approximate surface area is 123 Å². The van der Waals surface area contributed by atoms with Gasteiger partial charge in [0.05, 0.1) is 12.8 Å². The Morgan fingerprint density at radius 1 is 1.33 bits per heavy atom. The molecule has 0 saturated heterocycles. The van der Waals surface area contributed by atoms with E-state index >= 15 is 0 Å². The molecule has 0 spiro atoms. The van der Waals surface area contributed by atoms with Crippen LogP contribution >= 0.6 is 0 Å². The third-order valence-electron chi connectivity index (χ3n) is 2.70. The molecule has 0 aliphatic carbocycles. The molecule has 0 atom stereocenters. The Hall–Kier alpha value is -2.18. The molecule has 0 saturated carbocycles. The van der Waals surface area contributed by atoms with Crippen molar-refractivity contribution in [3.05, 3.63) is 42.3 Å². The first kappa shape index (κ1) is 15.2. The van der Waals surface area contributed by atoms with E-state index in [-0.39, 0.29) is 18.5 Å². The minimum atomic E-state index is -0.281. The lowest BCUT2D eigenvalue weighted by molar-refractivity contribution is -0.0308. The number of carbonyl (C=O) groups excluding carboxylic acids is 1. The Morgan fingerprint density at radius 3 is 2.90 bits per heavy atom. The normalized spacial score (nSPS) is 10.5. The third kappa shape index (κ3) is 4.70. The summed E-state index contributed by atoms with van der Waals surface area (Å²) in [5, 5.41) is 2.75. The first-order chi connectivity index (χ1) is 10.3. The number of amides is 1. The van der Waals surface area contributed by atoms with Crippen molar-refractivity contribution in [2.75, 3.05) is 27.1 Å². The van der Waals surface area contributed by atoms with Gasteiger partial charge in [0, 0.05) is 19.2 Å². The zero-order chi connectivity index (χ0) is 14.9. The van der Waals surface area contributed by atoms with Crippen LogP contribution in [0.2, 0.25) is 0 Å². The van der Waals surface area contributed by atoms with Gasteiger partial charge in [-0.05, 0) is 18.6 Å². The van der Waals surface area contributed by atoms with E-state index < -0.39 is 0 Å². The smallest absolute Gasteiger partial charge is 0.288 e. The minimum Gasteiger partial charge on any atom is -0.431 e. The van der Waals surface area contributed by atoms with Gasteiger partial charge in [-0.3, -0.25) is 4.79 Å². The highest BCUT2D eigenvalue weighted by molar-refractivity contribution is 5.91. The van der Waals surface area contributed by atoms with Crippen LogP contribution in [0.15, 0.2) is 40.9 Å². The summed E-state index contributed by atoms with van der Waals surface area (Å²) in [5.41, 5.74) is 0.838. The van der Waals surface area contributed by atoms with Crippen molar-refractivity contribution in [1.29, 1.82) is 0 Å². The molecule has 0 unspecified atom stereocenters. The van der Waals surface area contributed by atoms with Gasteiger partial charge in [0.1, 0.15) is 6.79 Å². The maximum absolute atomic E-state index is 11.9. The first-order valence-electron chi connectivity index (χ1n) is 6.67. The van der Waals surface area contributed by atoms with Gasteiger partial charge in [-0.2, -0.15) is 0 Å². The molecule has 0 radical (unpaired) electrons. The molecule has 6 heteroatoms. The second kappa shape index (κ2) is 8.18. The van der Waals surface area contributed by atoms with Crippen LogP contribution in [0.25, 0.3) is 11.5 Å². The number of rotatable bonds is 8. The van der Waals surface area contributed by atoms with Crippen LogP contribution in [0, 0.1) is 0 Å². The predicted molar refractivity (Wildman–Crippen MR) is 76.7 cm³/mol. The van der Waals surface area contributed by atoms with Gasteiger partial charge >= 0.3 is 0 Å². The van der Waals surface area contributed by atoms with Gasteiger partial charge in [-0.15, -0.1) is 0 Å². The Morgan fingerprint density at radius 2 is 2.14 bits per heavy atom. The molecular weight excluding hydrogens is 272 g/mol. The van der Waals surface area contributed by atoms with Gasteiger partial charge in [0.2, 0.25) is 11.7 Å². The lowest BCUT2D eigenvalue weighted by Crippen LogP contribution is -2.24. The average Bonchev–Trinajstić information content (AvgIpc) is 3.01. The zero-order valence-corrected chi connectivity index (χ0v) is 11.9. The summed E-state index contributed by atoms with van der Waals surface area (Å²) in [4.78, 5) is 16.0. The van der Waals surface area contributed by atoms with E-state index in [1.165, 1.54) is 6.20 Å². The van der Waals surface area contributed by atoms with Crippen molar-refractivity contribution in [2.45, 2.75) is 6.42 Å². The van der Waals surface area contributed by atoms with Crippen molar-refractivity contribution in [2.24, 2.45) is 0 Å². The lowest BCUT2D eigenvalue weighted by Gasteiger charge is -2.03. The standard InChI is InChI=1S/C15H18N2O4/c1-19-11-20-9-5-8-16-14(18)13-10-17-15(21-13)12-6-3-2-4-7-12/h2-4,6-7,10H,5,8-9,11H2,1H3,(H,16,18). The second-order valence-corrected chi connectivity index (χ2v) is 4.32.